The fourth-order valence-electron chi connectivity index (χ4n) is 4.57. The number of likely N-dealkylation sites (tertiary alicyclic amines) is 1. The van der Waals surface area contributed by atoms with Crippen LogP contribution < -0.4 is 5.32 Å². The van der Waals surface area contributed by atoms with Crippen LogP contribution >= 0.6 is 0 Å². The van der Waals surface area contributed by atoms with E-state index in [1.165, 1.54) is 23.1 Å². The van der Waals surface area contributed by atoms with Crippen LogP contribution in [-0.4, -0.2) is 43.1 Å². The molecule has 33 heavy (non-hydrogen) atoms. The number of rotatable bonds is 11. The largest absolute Gasteiger partial charge is 0.367 e. The van der Waals surface area contributed by atoms with Gasteiger partial charge >= 0.3 is 0 Å². The van der Waals surface area contributed by atoms with E-state index in [1.54, 1.807) is 0 Å². The Morgan fingerprint density at radius 2 is 1.52 bits per heavy atom. The van der Waals surface area contributed by atoms with E-state index >= 15 is 0 Å². The van der Waals surface area contributed by atoms with E-state index in [9.17, 15) is 4.79 Å². The van der Waals surface area contributed by atoms with Crippen LogP contribution in [0.1, 0.15) is 42.1 Å². The molecule has 0 spiro atoms. The van der Waals surface area contributed by atoms with Crippen molar-refractivity contribution < 1.29 is 9.53 Å². The standard InChI is InChI=1S/C29H34N2O2/c32-28(19-18-24-11-4-1-5-12-24)30-23-27-17-10-20-31(27)21-22-33-29(25-13-6-2-7-14-25)26-15-8-3-9-16-26/h1-9,11-16,27,29H,10,17-23H2,(H,30,32)/t27-/m0/s1. The minimum absolute atomic E-state index is 0.0638. The fraction of sp³-hybridized carbons (Fsp3) is 0.345. The lowest BCUT2D eigenvalue weighted by Crippen LogP contribution is -2.41. The molecule has 0 saturated carbocycles. The molecular formula is C29H34N2O2. The first-order valence-corrected chi connectivity index (χ1v) is 12.1. The Balaban J connectivity index is 1.24. The Labute approximate surface area is 197 Å². The molecule has 0 bridgehead atoms. The smallest absolute Gasteiger partial charge is 0.220 e. The normalized spacial score (nSPS) is 16.2. The highest BCUT2D eigenvalue weighted by atomic mass is 16.5. The van der Waals surface area contributed by atoms with Gasteiger partial charge < -0.3 is 10.1 Å². The highest BCUT2D eigenvalue weighted by Gasteiger charge is 2.25. The predicted octanol–water partition coefficient (Wildman–Crippen LogP) is 5.01. The molecule has 1 N–H and O–H groups in total. The van der Waals surface area contributed by atoms with Gasteiger partial charge in [-0.3, -0.25) is 9.69 Å². The number of amides is 1. The Bertz CT molecular complexity index is 923. The summed E-state index contributed by atoms with van der Waals surface area (Å²) in [6.07, 6.45) is 3.56. The van der Waals surface area contributed by atoms with Crippen LogP contribution in [0.3, 0.4) is 0 Å². The molecule has 3 aromatic rings. The van der Waals surface area contributed by atoms with E-state index < -0.39 is 0 Å². The first kappa shape index (κ1) is 23.2. The number of carbonyl (C=O) groups excluding carboxylic acids is 1. The molecule has 3 aromatic carbocycles. The summed E-state index contributed by atoms with van der Waals surface area (Å²) in [5, 5.41) is 3.15. The summed E-state index contributed by atoms with van der Waals surface area (Å²) in [5.41, 5.74) is 3.55. The van der Waals surface area contributed by atoms with Crippen molar-refractivity contribution in [3.05, 3.63) is 108 Å². The van der Waals surface area contributed by atoms with Gasteiger partial charge in [0.25, 0.3) is 0 Å². The number of hydrogen-bond donors (Lipinski definition) is 1. The molecule has 1 fully saturated rings. The Morgan fingerprint density at radius 3 is 2.15 bits per heavy atom. The van der Waals surface area contributed by atoms with Crippen molar-refractivity contribution in [2.75, 3.05) is 26.2 Å². The molecule has 0 aliphatic carbocycles. The highest BCUT2D eigenvalue weighted by molar-refractivity contribution is 5.76. The fourth-order valence-corrected chi connectivity index (χ4v) is 4.57. The molecule has 4 nitrogen and oxygen atoms in total. The predicted molar refractivity (Wildman–Crippen MR) is 133 cm³/mol. The molecule has 0 aromatic heterocycles. The zero-order valence-electron chi connectivity index (χ0n) is 19.2. The van der Waals surface area contributed by atoms with E-state index in [0.717, 1.165) is 25.9 Å². The zero-order valence-corrected chi connectivity index (χ0v) is 19.2. The van der Waals surface area contributed by atoms with Crippen molar-refractivity contribution in [1.82, 2.24) is 10.2 Å². The first-order chi connectivity index (χ1) is 16.3. The van der Waals surface area contributed by atoms with E-state index in [1.807, 2.05) is 30.3 Å². The van der Waals surface area contributed by atoms with Crippen molar-refractivity contribution in [2.24, 2.45) is 0 Å². The molecule has 4 heteroatoms. The van der Waals surface area contributed by atoms with E-state index in [2.05, 4.69) is 70.9 Å². The monoisotopic (exact) mass is 442 g/mol. The summed E-state index contributed by atoms with van der Waals surface area (Å²) in [5.74, 6) is 0.134. The maximum absolute atomic E-state index is 12.3. The summed E-state index contributed by atoms with van der Waals surface area (Å²) in [6.45, 7) is 3.32. The van der Waals surface area contributed by atoms with E-state index in [-0.39, 0.29) is 12.0 Å². The van der Waals surface area contributed by atoms with Crippen LogP contribution in [-0.2, 0) is 16.0 Å². The minimum atomic E-state index is -0.0638. The van der Waals surface area contributed by atoms with Gasteiger partial charge in [-0.05, 0) is 42.5 Å². The summed E-state index contributed by atoms with van der Waals surface area (Å²) < 4.78 is 6.41. The van der Waals surface area contributed by atoms with E-state index in [0.29, 0.717) is 25.6 Å². The topological polar surface area (TPSA) is 41.6 Å². The average molecular weight is 443 g/mol. The molecule has 1 aliphatic rings. The molecule has 0 radical (unpaired) electrons. The lowest BCUT2D eigenvalue weighted by atomic mass is 10.0. The summed E-state index contributed by atoms with van der Waals surface area (Å²) in [4.78, 5) is 14.8. The average Bonchev–Trinajstić information content (AvgIpc) is 3.33. The van der Waals surface area contributed by atoms with Crippen molar-refractivity contribution in [2.45, 2.75) is 37.8 Å². The van der Waals surface area contributed by atoms with Crippen molar-refractivity contribution >= 4 is 5.91 Å². The number of nitrogens with zero attached hydrogens (tertiary/aromatic N) is 1. The summed E-state index contributed by atoms with van der Waals surface area (Å²) in [6, 6.07) is 31.4. The second-order valence-electron chi connectivity index (χ2n) is 8.69. The second-order valence-corrected chi connectivity index (χ2v) is 8.69. The summed E-state index contributed by atoms with van der Waals surface area (Å²) >= 11 is 0. The highest BCUT2D eigenvalue weighted by Crippen LogP contribution is 2.26. The lowest BCUT2D eigenvalue weighted by Gasteiger charge is -2.26. The molecule has 1 atom stereocenters. The third-order valence-electron chi connectivity index (χ3n) is 6.39. The van der Waals surface area contributed by atoms with Gasteiger partial charge in [0.1, 0.15) is 6.10 Å². The lowest BCUT2D eigenvalue weighted by molar-refractivity contribution is -0.121. The van der Waals surface area contributed by atoms with Crippen LogP contribution in [0.4, 0.5) is 0 Å². The van der Waals surface area contributed by atoms with Gasteiger partial charge in [0, 0.05) is 25.6 Å². The molecule has 1 saturated heterocycles. The molecule has 0 unspecified atom stereocenters. The zero-order chi connectivity index (χ0) is 22.7. The number of carbonyl (C=O) groups is 1. The quantitative estimate of drug-likeness (QED) is 0.454. The minimum Gasteiger partial charge on any atom is -0.367 e. The third kappa shape index (κ3) is 7.01. The van der Waals surface area contributed by atoms with Gasteiger partial charge in [0.15, 0.2) is 0 Å². The van der Waals surface area contributed by atoms with Gasteiger partial charge in [0.2, 0.25) is 5.91 Å². The van der Waals surface area contributed by atoms with Crippen molar-refractivity contribution in [3.8, 4) is 0 Å². The van der Waals surface area contributed by atoms with Gasteiger partial charge in [-0.25, -0.2) is 0 Å². The number of nitrogens with one attached hydrogen (secondary N) is 1. The first-order valence-electron chi connectivity index (χ1n) is 12.1. The van der Waals surface area contributed by atoms with E-state index in [4.69, 9.17) is 4.74 Å². The molecule has 1 heterocycles. The molecule has 1 aliphatic heterocycles. The van der Waals surface area contributed by atoms with Crippen molar-refractivity contribution in [1.29, 1.82) is 0 Å². The van der Waals surface area contributed by atoms with Crippen LogP contribution in [0.2, 0.25) is 0 Å². The maximum atomic E-state index is 12.3. The number of benzene rings is 3. The number of ether oxygens (including phenoxy) is 1. The Morgan fingerprint density at radius 1 is 0.909 bits per heavy atom. The Kier molecular flexibility index (Phi) is 8.68. The van der Waals surface area contributed by atoms with Gasteiger partial charge in [-0.15, -0.1) is 0 Å². The number of aryl methyl sites for hydroxylation is 1. The van der Waals surface area contributed by atoms with Crippen LogP contribution in [0.15, 0.2) is 91.0 Å². The SMILES string of the molecule is O=C(CCc1ccccc1)NC[C@@H]1CCCN1CCOC(c1ccccc1)c1ccccc1. The van der Waals surface area contributed by atoms with Crippen LogP contribution in [0, 0.1) is 0 Å². The van der Waals surface area contributed by atoms with Gasteiger partial charge in [0.05, 0.1) is 6.61 Å². The molecular weight excluding hydrogens is 408 g/mol. The summed E-state index contributed by atoms with van der Waals surface area (Å²) in [7, 11) is 0. The number of hydrogen-bond acceptors (Lipinski definition) is 3. The van der Waals surface area contributed by atoms with Crippen LogP contribution in [0.5, 0.6) is 0 Å². The van der Waals surface area contributed by atoms with Gasteiger partial charge in [-0.1, -0.05) is 91.0 Å². The molecule has 1 amide bonds. The van der Waals surface area contributed by atoms with Gasteiger partial charge in [-0.2, -0.15) is 0 Å². The van der Waals surface area contributed by atoms with Crippen LogP contribution in [0.25, 0.3) is 0 Å². The molecule has 4 rings (SSSR count). The molecule has 172 valence electrons. The second kappa shape index (κ2) is 12.3. The maximum Gasteiger partial charge on any atom is 0.220 e. The van der Waals surface area contributed by atoms with Crippen molar-refractivity contribution in [3.63, 3.8) is 0 Å². The third-order valence-corrected chi connectivity index (χ3v) is 6.39. The Hall–Kier alpha value is -2.95.